The van der Waals surface area contributed by atoms with Gasteiger partial charge in [0.05, 0.1) is 12.2 Å². The number of ether oxygens (including phenoxy) is 1. The molecule has 3 nitrogen and oxygen atoms in total. The molecule has 2 N–H and O–H groups in total. The highest BCUT2D eigenvalue weighted by atomic mass is 16.5. The predicted molar refractivity (Wildman–Crippen MR) is 81.8 cm³/mol. The molecule has 1 aromatic carbocycles. The topological polar surface area (TPSA) is 38.5 Å². The van der Waals surface area contributed by atoms with E-state index in [1.165, 1.54) is 6.42 Å². The predicted octanol–water partition coefficient (Wildman–Crippen LogP) is 3.54. The van der Waals surface area contributed by atoms with Gasteiger partial charge in [-0.25, -0.2) is 0 Å². The molecule has 1 aliphatic heterocycles. The Morgan fingerprint density at radius 1 is 1.32 bits per heavy atom. The molecule has 3 heteroatoms. The van der Waals surface area contributed by atoms with Crippen LogP contribution in [0.25, 0.3) is 0 Å². The Balaban J connectivity index is 2.26. The molecule has 0 radical (unpaired) electrons. The van der Waals surface area contributed by atoms with Crippen LogP contribution in [0.1, 0.15) is 34.1 Å². The Bertz CT molecular complexity index is 429. The monoisotopic (exact) mass is 262 g/mol. The molecule has 1 unspecified atom stereocenters. The van der Waals surface area contributed by atoms with Crippen LogP contribution >= 0.6 is 0 Å². The van der Waals surface area contributed by atoms with E-state index in [0.717, 1.165) is 30.2 Å². The van der Waals surface area contributed by atoms with E-state index in [1.54, 1.807) is 0 Å². The summed E-state index contributed by atoms with van der Waals surface area (Å²) in [6.45, 7) is 10.9. The van der Waals surface area contributed by atoms with Crippen LogP contribution in [0.5, 0.6) is 5.75 Å². The quantitative estimate of drug-likeness (QED) is 0.843. The van der Waals surface area contributed by atoms with Crippen molar-refractivity contribution in [2.24, 2.45) is 11.8 Å². The average Bonchev–Trinajstić information content (AvgIpc) is 2.35. The van der Waals surface area contributed by atoms with Crippen molar-refractivity contribution >= 4 is 11.4 Å². The van der Waals surface area contributed by atoms with Crippen molar-refractivity contribution < 1.29 is 4.74 Å². The van der Waals surface area contributed by atoms with Crippen LogP contribution in [0, 0.1) is 11.8 Å². The minimum Gasteiger partial charge on any atom is -0.486 e. The summed E-state index contributed by atoms with van der Waals surface area (Å²) in [4.78, 5) is 2.40. The van der Waals surface area contributed by atoms with Gasteiger partial charge in [-0.3, -0.25) is 0 Å². The van der Waals surface area contributed by atoms with E-state index < -0.39 is 0 Å². The van der Waals surface area contributed by atoms with Crippen LogP contribution in [0.15, 0.2) is 18.2 Å². The summed E-state index contributed by atoms with van der Waals surface area (Å²) in [6, 6.07) is 5.96. The molecule has 1 atom stereocenters. The summed E-state index contributed by atoms with van der Waals surface area (Å²) >= 11 is 0. The number of para-hydroxylation sites is 1. The maximum Gasteiger partial charge on any atom is 0.145 e. The lowest BCUT2D eigenvalue weighted by molar-refractivity contribution is 0.145. The number of nitrogen functional groups attached to an aromatic ring is 1. The van der Waals surface area contributed by atoms with Crippen molar-refractivity contribution in [1.82, 2.24) is 0 Å². The summed E-state index contributed by atoms with van der Waals surface area (Å²) in [5.41, 5.74) is 8.04. The number of rotatable bonds is 4. The molecule has 0 aliphatic carbocycles. The number of benzene rings is 1. The standard InChI is InChI=1S/C16H26N2O/c1-11(2)8-9-18-10-15(12(3)4)19-14-7-5-6-13(17)16(14)18/h5-7,11-12,15H,8-10,17H2,1-4H3. The lowest BCUT2D eigenvalue weighted by Gasteiger charge is -2.39. The van der Waals surface area contributed by atoms with E-state index in [4.69, 9.17) is 10.5 Å². The molecule has 0 saturated carbocycles. The van der Waals surface area contributed by atoms with Crippen LogP contribution < -0.4 is 15.4 Å². The Morgan fingerprint density at radius 2 is 2.05 bits per heavy atom. The summed E-state index contributed by atoms with van der Waals surface area (Å²) in [5.74, 6) is 2.15. The SMILES string of the molecule is CC(C)CCN1CC(C(C)C)Oc2cccc(N)c21. The summed E-state index contributed by atoms with van der Waals surface area (Å²) < 4.78 is 6.09. The molecule has 19 heavy (non-hydrogen) atoms. The first kappa shape index (κ1) is 14.0. The van der Waals surface area contributed by atoms with Crippen molar-refractivity contribution in [3.8, 4) is 5.75 Å². The van der Waals surface area contributed by atoms with Gasteiger partial charge in [-0.05, 0) is 30.4 Å². The molecular weight excluding hydrogens is 236 g/mol. The van der Waals surface area contributed by atoms with E-state index in [9.17, 15) is 0 Å². The van der Waals surface area contributed by atoms with Gasteiger partial charge >= 0.3 is 0 Å². The van der Waals surface area contributed by atoms with E-state index in [0.29, 0.717) is 11.8 Å². The van der Waals surface area contributed by atoms with Crippen LogP contribution in [0.2, 0.25) is 0 Å². The first-order valence-corrected chi connectivity index (χ1v) is 7.29. The number of nitrogens with two attached hydrogens (primary N) is 1. The van der Waals surface area contributed by atoms with Crippen molar-refractivity contribution in [3.63, 3.8) is 0 Å². The first-order valence-electron chi connectivity index (χ1n) is 7.29. The van der Waals surface area contributed by atoms with Crippen molar-refractivity contribution in [3.05, 3.63) is 18.2 Å². The van der Waals surface area contributed by atoms with Crippen LogP contribution in [-0.4, -0.2) is 19.2 Å². The molecule has 2 rings (SSSR count). The molecule has 1 heterocycles. The molecular formula is C16H26N2O. The lowest BCUT2D eigenvalue weighted by atomic mass is 10.0. The minimum absolute atomic E-state index is 0.251. The normalized spacial score (nSPS) is 18.6. The van der Waals surface area contributed by atoms with Gasteiger partial charge < -0.3 is 15.4 Å². The fourth-order valence-electron chi connectivity index (χ4n) is 2.45. The molecule has 106 valence electrons. The third kappa shape index (κ3) is 3.14. The van der Waals surface area contributed by atoms with E-state index in [1.807, 2.05) is 18.2 Å². The van der Waals surface area contributed by atoms with E-state index in [2.05, 4.69) is 32.6 Å². The highest BCUT2D eigenvalue weighted by molar-refractivity contribution is 5.75. The molecule has 0 aromatic heterocycles. The number of nitrogens with zero attached hydrogens (tertiary/aromatic N) is 1. The molecule has 1 aliphatic rings. The largest absolute Gasteiger partial charge is 0.486 e. The summed E-state index contributed by atoms with van der Waals surface area (Å²) in [6.07, 6.45) is 1.43. The van der Waals surface area contributed by atoms with Gasteiger partial charge in [0.1, 0.15) is 17.5 Å². The van der Waals surface area contributed by atoms with Gasteiger partial charge in [-0.2, -0.15) is 0 Å². The highest BCUT2D eigenvalue weighted by Crippen LogP contribution is 2.39. The third-order valence-electron chi connectivity index (χ3n) is 3.75. The lowest BCUT2D eigenvalue weighted by Crippen LogP contribution is -2.43. The van der Waals surface area contributed by atoms with Gasteiger partial charge in [0.2, 0.25) is 0 Å². The number of hydrogen-bond acceptors (Lipinski definition) is 3. The summed E-state index contributed by atoms with van der Waals surface area (Å²) in [5, 5.41) is 0. The Morgan fingerprint density at radius 3 is 2.68 bits per heavy atom. The Hall–Kier alpha value is -1.38. The highest BCUT2D eigenvalue weighted by Gasteiger charge is 2.28. The number of fused-ring (bicyclic) bond motifs is 1. The van der Waals surface area contributed by atoms with Crippen LogP contribution in [0.3, 0.4) is 0 Å². The van der Waals surface area contributed by atoms with Gasteiger partial charge in [-0.15, -0.1) is 0 Å². The zero-order chi connectivity index (χ0) is 14.0. The second-order valence-corrected chi connectivity index (χ2v) is 6.22. The zero-order valence-corrected chi connectivity index (χ0v) is 12.5. The fourth-order valence-corrected chi connectivity index (χ4v) is 2.45. The number of hydrogen-bond donors (Lipinski definition) is 1. The average molecular weight is 262 g/mol. The van der Waals surface area contributed by atoms with Gasteiger partial charge in [-0.1, -0.05) is 33.8 Å². The zero-order valence-electron chi connectivity index (χ0n) is 12.5. The molecule has 0 fully saturated rings. The first-order chi connectivity index (χ1) is 8.99. The minimum atomic E-state index is 0.251. The van der Waals surface area contributed by atoms with Crippen molar-refractivity contribution in [1.29, 1.82) is 0 Å². The molecule has 0 amide bonds. The van der Waals surface area contributed by atoms with Crippen LogP contribution in [0.4, 0.5) is 11.4 Å². The van der Waals surface area contributed by atoms with Gasteiger partial charge in [0.25, 0.3) is 0 Å². The second kappa shape index (κ2) is 5.72. The van der Waals surface area contributed by atoms with Crippen molar-refractivity contribution in [2.45, 2.75) is 40.2 Å². The molecule has 1 aromatic rings. The summed E-state index contributed by atoms with van der Waals surface area (Å²) in [7, 11) is 0. The van der Waals surface area contributed by atoms with Gasteiger partial charge in [0.15, 0.2) is 0 Å². The third-order valence-corrected chi connectivity index (χ3v) is 3.75. The maximum atomic E-state index is 6.14. The molecule has 0 spiro atoms. The smallest absolute Gasteiger partial charge is 0.145 e. The van der Waals surface area contributed by atoms with E-state index in [-0.39, 0.29) is 6.10 Å². The van der Waals surface area contributed by atoms with Gasteiger partial charge in [0, 0.05) is 6.54 Å². The molecule has 0 bridgehead atoms. The maximum absolute atomic E-state index is 6.14. The fraction of sp³-hybridized carbons (Fsp3) is 0.625. The second-order valence-electron chi connectivity index (χ2n) is 6.22. The molecule has 0 saturated heterocycles. The van der Waals surface area contributed by atoms with Crippen LogP contribution in [-0.2, 0) is 0 Å². The van der Waals surface area contributed by atoms with E-state index >= 15 is 0 Å². The van der Waals surface area contributed by atoms with Crippen molar-refractivity contribution in [2.75, 3.05) is 23.7 Å². The Kier molecular flexibility index (Phi) is 4.23. The Labute approximate surface area is 116 Å². The number of anilines is 2.